The third-order valence-corrected chi connectivity index (χ3v) is 8.49. The number of carbonyl (C=O) groups excluding carboxylic acids is 1. The van der Waals surface area contributed by atoms with Crippen molar-refractivity contribution >= 4 is 15.9 Å². The van der Waals surface area contributed by atoms with Gasteiger partial charge >= 0.3 is 0 Å². The number of rotatable bonds is 6. The van der Waals surface area contributed by atoms with Crippen molar-refractivity contribution in [3.8, 4) is 0 Å². The summed E-state index contributed by atoms with van der Waals surface area (Å²) in [6.45, 7) is 0.912. The molecule has 1 N–H and O–H groups in total. The third kappa shape index (κ3) is 4.30. The summed E-state index contributed by atoms with van der Waals surface area (Å²) < 4.78 is 27.6. The maximum Gasteiger partial charge on any atom is 0.227 e. The first-order chi connectivity index (χ1) is 14.5. The Bertz CT molecular complexity index is 962. The molecule has 0 spiro atoms. The lowest BCUT2D eigenvalue weighted by Crippen LogP contribution is -2.62. The number of hydrogen-bond acceptors (Lipinski definition) is 3. The first-order valence-corrected chi connectivity index (χ1v) is 12.5. The van der Waals surface area contributed by atoms with Gasteiger partial charge in [0.1, 0.15) is 0 Å². The largest absolute Gasteiger partial charge is 0.355 e. The monoisotopic (exact) mass is 426 g/mol. The van der Waals surface area contributed by atoms with Gasteiger partial charge in [-0.1, -0.05) is 73.5 Å². The molecule has 2 aliphatic rings. The van der Waals surface area contributed by atoms with E-state index in [4.69, 9.17) is 0 Å². The normalized spacial score (nSPS) is 25.9. The Morgan fingerprint density at radius 2 is 1.63 bits per heavy atom. The predicted octanol–water partition coefficient (Wildman–Crippen LogP) is 3.51. The predicted molar refractivity (Wildman–Crippen MR) is 118 cm³/mol. The first-order valence-electron chi connectivity index (χ1n) is 10.9. The fraction of sp³-hybridized carbons (Fsp3) is 0.458. The van der Waals surface area contributed by atoms with Crippen LogP contribution >= 0.6 is 0 Å². The number of carbonyl (C=O) groups is 1. The van der Waals surface area contributed by atoms with Gasteiger partial charge in [-0.3, -0.25) is 4.79 Å². The van der Waals surface area contributed by atoms with E-state index in [1.54, 1.807) is 4.31 Å². The maximum absolute atomic E-state index is 13.4. The van der Waals surface area contributed by atoms with Crippen LogP contribution in [-0.4, -0.2) is 37.0 Å². The molecular formula is C24H30N2O3S. The molecular weight excluding hydrogens is 396 g/mol. The number of amides is 1. The van der Waals surface area contributed by atoms with Gasteiger partial charge in [0, 0.05) is 19.1 Å². The summed E-state index contributed by atoms with van der Waals surface area (Å²) in [5.41, 5.74) is 1.54. The SMILES string of the molecule is O=C(NCCc1ccccc1)[C@@]12CCCC[C@H]1N(Cc1ccccc1)S(=O)(=O)CC2. The Morgan fingerprint density at radius 3 is 2.33 bits per heavy atom. The van der Waals surface area contributed by atoms with Crippen molar-refractivity contribution in [3.05, 3.63) is 71.8 Å². The molecule has 2 atom stereocenters. The second-order valence-electron chi connectivity index (χ2n) is 8.51. The molecule has 1 amide bonds. The molecule has 0 unspecified atom stereocenters. The highest BCUT2D eigenvalue weighted by molar-refractivity contribution is 7.89. The van der Waals surface area contributed by atoms with E-state index < -0.39 is 15.4 Å². The highest BCUT2D eigenvalue weighted by atomic mass is 32.2. The van der Waals surface area contributed by atoms with E-state index in [1.807, 2.05) is 48.5 Å². The summed E-state index contributed by atoms with van der Waals surface area (Å²) in [6, 6.07) is 19.5. The lowest BCUT2D eigenvalue weighted by Gasteiger charge is -2.50. The van der Waals surface area contributed by atoms with Crippen LogP contribution in [0.15, 0.2) is 60.7 Å². The molecule has 1 heterocycles. The van der Waals surface area contributed by atoms with Gasteiger partial charge in [-0.25, -0.2) is 8.42 Å². The lowest BCUT2D eigenvalue weighted by molar-refractivity contribution is -0.137. The molecule has 0 bridgehead atoms. The Labute approximate surface area is 179 Å². The molecule has 2 aromatic rings. The van der Waals surface area contributed by atoms with E-state index in [1.165, 1.54) is 5.56 Å². The van der Waals surface area contributed by atoms with E-state index in [0.29, 0.717) is 19.5 Å². The Balaban J connectivity index is 1.53. The minimum atomic E-state index is -3.37. The standard InChI is InChI=1S/C24H30N2O3S/c27-23(25-17-14-20-9-3-1-4-10-20)24-15-8-7-13-22(24)26(30(28,29)18-16-24)19-21-11-5-2-6-12-21/h1-6,9-12,22H,7-8,13-19H2,(H,25,27)/t22-,24-/m1/s1. The zero-order valence-electron chi connectivity index (χ0n) is 17.3. The van der Waals surface area contributed by atoms with Crippen molar-refractivity contribution in [3.63, 3.8) is 0 Å². The average Bonchev–Trinajstić information content (AvgIpc) is 2.77. The number of benzene rings is 2. The smallest absolute Gasteiger partial charge is 0.227 e. The van der Waals surface area contributed by atoms with Crippen LogP contribution in [0.5, 0.6) is 0 Å². The molecule has 1 saturated carbocycles. The van der Waals surface area contributed by atoms with Gasteiger partial charge in [-0.2, -0.15) is 4.31 Å². The first kappa shape index (κ1) is 21.1. The Hall–Kier alpha value is -2.18. The molecule has 0 radical (unpaired) electrons. The molecule has 0 aromatic heterocycles. The van der Waals surface area contributed by atoms with Gasteiger partial charge < -0.3 is 5.32 Å². The number of nitrogens with zero attached hydrogens (tertiary/aromatic N) is 1. The summed E-state index contributed by atoms with van der Waals surface area (Å²) in [6.07, 6.45) is 4.64. The highest BCUT2D eigenvalue weighted by Gasteiger charge is 2.55. The zero-order chi connectivity index (χ0) is 21.0. The molecule has 6 heteroatoms. The molecule has 2 aromatic carbocycles. The molecule has 30 heavy (non-hydrogen) atoms. The number of sulfonamides is 1. The molecule has 5 nitrogen and oxygen atoms in total. The lowest BCUT2D eigenvalue weighted by atomic mass is 9.67. The molecule has 160 valence electrons. The zero-order valence-corrected chi connectivity index (χ0v) is 18.1. The van der Waals surface area contributed by atoms with E-state index in [-0.39, 0.29) is 17.7 Å². The van der Waals surface area contributed by atoms with Crippen LogP contribution in [0, 0.1) is 5.41 Å². The van der Waals surface area contributed by atoms with Gasteiger partial charge in [0.05, 0.1) is 11.2 Å². The summed E-state index contributed by atoms with van der Waals surface area (Å²) in [4.78, 5) is 13.4. The second kappa shape index (κ2) is 8.90. The molecule has 1 aliphatic heterocycles. The fourth-order valence-corrected chi connectivity index (χ4v) is 6.94. The Morgan fingerprint density at radius 1 is 0.967 bits per heavy atom. The van der Waals surface area contributed by atoms with Gasteiger partial charge in [0.15, 0.2) is 0 Å². The van der Waals surface area contributed by atoms with E-state index in [9.17, 15) is 13.2 Å². The van der Waals surface area contributed by atoms with Crippen molar-refractivity contribution < 1.29 is 13.2 Å². The van der Waals surface area contributed by atoms with Crippen molar-refractivity contribution in [1.29, 1.82) is 0 Å². The van der Waals surface area contributed by atoms with Crippen LogP contribution in [0.1, 0.15) is 43.2 Å². The second-order valence-corrected chi connectivity index (χ2v) is 10.5. The van der Waals surface area contributed by atoms with Crippen molar-refractivity contribution in [2.24, 2.45) is 5.41 Å². The van der Waals surface area contributed by atoms with Crippen molar-refractivity contribution in [1.82, 2.24) is 9.62 Å². The molecule has 4 rings (SSSR count). The topological polar surface area (TPSA) is 66.5 Å². The summed E-state index contributed by atoms with van der Waals surface area (Å²) in [5, 5.41) is 3.14. The van der Waals surface area contributed by atoms with Crippen molar-refractivity contribution in [2.45, 2.75) is 51.1 Å². The Kier molecular flexibility index (Phi) is 6.25. The van der Waals surface area contributed by atoms with Crippen LogP contribution in [0.25, 0.3) is 0 Å². The van der Waals surface area contributed by atoms with Gasteiger partial charge in [0.25, 0.3) is 0 Å². The van der Waals surface area contributed by atoms with Crippen LogP contribution in [-0.2, 0) is 27.8 Å². The van der Waals surface area contributed by atoms with Crippen LogP contribution in [0.4, 0.5) is 0 Å². The van der Waals surface area contributed by atoms with E-state index in [2.05, 4.69) is 17.4 Å². The third-order valence-electron chi connectivity index (χ3n) is 6.67. The highest BCUT2D eigenvalue weighted by Crippen LogP contribution is 2.47. The quantitative estimate of drug-likeness (QED) is 0.769. The molecule has 1 saturated heterocycles. The maximum atomic E-state index is 13.4. The number of fused-ring (bicyclic) bond motifs is 1. The van der Waals surface area contributed by atoms with Crippen molar-refractivity contribution in [2.75, 3.05) is 12.3 Å². The summed E-state index contributed by atoms with van der Waals surface area (Å²) in [5.74, 6) is 0.0682. The summed E-state index contributed by atoms with van der Waals surface area (Å²) in [7, 11) is -3.37. The summed E-state index contributed by atoms with van der Waals surface area (Å²) >= 11 is 0. The fourth-order valence-electron chi connectivity index (χ4n) is 5.05. The number of hydrogen-bond donors (Lipinski definition) is 1. The van der Waals surface area contributed by atoms with Crippen LogP contribution in [0.3, 0.4) is 0 Å². The minimum absolute atomic E-state index is 0.0242. The van der Waals surface area contributed by atoms with Gasteiger partial charge in [0.2, 0.25) is 15.9 Å². The van der Waals surface area contributed by atoms with Crippen LogP contribution in [0.2, 0.25) is 0 Å². The van der Waals surface area contributed by atoms with Crippen LogP contribution < -0.4 is 5.32 Å². The van der Waals surface area contributed by atoms with E-state index in [0.717, 1.165) is 37.7 Å². The average molecular weight is 427 g/mol. The molecule has 2 fully saturated rings. The molecule has 1 aliphatic carbocycles. The van der Waals surface area contributed by atoms with Gasteiger partial charge in [-0.05, 0) is 36.8 Å². The van der Waals surface area contributed by atoms with Gasteiger partial charge in [-0.15, -0.1) is 0 Å². The number of nitrogens with one attached hydrogen (secondary N) is 1. The minimum Gasteiger partial charge on any atom is -0.355 e. The van der Waals surface area contributed by atoms with E-state index >= 15 is 0 Å².